The monoisotopic (exact) mass is 266 g/mol. The van der Waals surface area contributed by atoms with E-state index in [2.05, 4.69) is 0 Å². The third kappa shape index (κ3) is 3.94. The first-order valence-electron chi connectivity index (χ1n) is 5.51. The molecule has 0 heterocycles. The molecule has 0 fully saturated rings. The van der Waals surface area contributed by atoms with Crippen molar-refractivity contribution in [2.75, 3.05) is 20.7 Å². The SMILES string of the molecule is COc1ccc(CCN(C)C(=O)CC#N)c(Cl)c1. The second-order valence-electron chi connectivity index (χ2n) is 3.86. The average Bonchev–Trinajstić information content (AvgIpc) is 2.37. The average molecular weight is 267 g/mol. The fraction of sp³-hybridized carbons (Fsp3) is 0.385. The van der Waals surface area contributed by atoms with Gasteiger partial charge in [-0.1, -0.05) is 17.7 Å². The Morgan fingerprint density at radius 2 is 2.28 bits per heavy atom. The fourth-order valence-electron chi connectivity index (χ4n) is 1.47. The van der Waals surface area contributed by atoms with Gasteiger partial charge in [-0.2, -0.15) is 5.26 Å². The van der Waals surface area contributed by atoms with Crippen molar-refractivity contribution in [2.45, 2.75) is 12.8 Å². The fourth-order valence-corrected chi connectivity index (χ4v) is 1.74. The van der Waals surface area contributed by atoms with Crippen LogP contribution in [0, 0.1) is 11.3 Å². The van der Waals surface area contributed by atoms with Gasteiger partial charge in [-0.3, -0.25) is 4.79 Å². The van der Waals surface area contributed by atoms with E-state index in [1.165, 1.54) is 4.90 Å². The molecule has 0 saturated heterocycles. The summed E-state index contributed by atoms with van der Waals surface area (Å²) in [5, 5.41) is 9.06. The van der Waals surface area contributed by atoms with Crippen LogP contribution >= 0.6 is 11.6 Å². The van der Waals surface area contributed by atoms with E-state index in [1.807, 2.05) is 18.2 Å². The minimum Gasteiger partial charge on any atom is -0.497 e. The molecule has 0 atom stereocenters. The van der Waals surface area contributed by atoms with Gasteiger partial charge in [0.05, 0.1) is 13.2 Å². The smallest absolute Gasteiger partial charge is 0.236 e. The number of likely N-dealkylation sites (N-methyl/N-ethyl adjacent to an activating group) is 1. The second-order valence-corrected chi connectivity index (χ2v) is 4.26. The molecule has 0 aliphatic carbocycles. The number of carbonyl (C=O) groups excluding carboxylic acids is 1. The molecular weight excluding hydrogens is 252 g/mol. The zero-order valence-electron chi connectivity index (χ0n) is 10.4. The number of halogens is 1. The van der Waals surface area contributed by atoms with Gasteiger partial charge in [-0.25, -0.2) is 0 Å². The molecule has 1 aromatic carbocycles. The van der Waals surface area contributed by atoms with E-state index >= 15 is 0 Å². The highest BCUT2D eigenvalue weighted by Crippen LogP contribution is 2.22. The molecule has 0 saturated carbocycles. The summed E-state index contributed by atoms with van der Waals surface area (Å²) in [5.74, 6) is 0.528. The number of rotatable bonds is 5. The first-order valence-corrected chi connectivity index (χ1v) is 5.89. The summed E-state index contributed by atoms with van der Waals surface area (Å²) in [7, 11) is 3.26. The van der Waals surface area contributed by atoms with E-state index < -0.39 is 0 Å². The third-order valence-corrected chi connectivity index (χ3v) is 2.98. The molecule has 0 spiro atoms. The maximum absolute atomic E-state index is 11.4. The lowest BCUT2D eigenvalue weighted by Gasteiger charge is -2.16. The first-order chi connectivity index (χ1) is 8.58. The quantitative estimate of drug-likeness (QED) is 0.821. The van der Waals surface area contributed by atoms with Crippen LogP contribution in [0.15, 0.2) is 18.2 Å². The van der Waals surface area contributed by atoms with Crippen LogP contribution in [-0.2, 0) is 11.2 Å². The highest BCUT2D eigenvalue weighted by molar-refractivity contribution is 6.31. The number of hydrogen-bond donors (Lipinski definition) is 0. The van der Waals surface area contributed by atoms with Crippen LogP contribution in [0.5, 0.6) is 5.75 Å². The first kappa shape index (κ1) is 14.3. The summed E-state index contributed by atoms with van der Waals surface area (Å²) in [6.07, 6.45) is 0.559. The standard InChI is InChI=1S/C13H15ClN2O2/c1-16(13(17)5-7-15)8-6-10-3-4-11(18-2)9-12(10)14/h3-4,9H,5-6,8H2,1-2H3. The largest absolute Gasteiger partial charge is 0.497 e. The third-order valence-electron chi connectivity index (χ3n) is 2.63. The van der Waals surface area contributed by atoms with E-state index in [9.17, 15) is 4.79 Å². The second kappa shape index (κ2) is 6.87. The molecule has 5 heteroatoms. The lowest BCUT2D eigenvalue weighted by molar-refractivity contribution is -0.128. The maximum Gasteiger partial charge on any atom is 0.236 e. The molecule has 1 rings (SSSR count). The predicted octanol–water partition coefficient (Wildman–Crippen LogP) is 2.26. The summed E-state index contributed by atoms with van der Waals surface area (Å²) >= 11 is 6.10. The van der Waals surface area contributed by atoms with Crippen LogP contribution in [-0.4, -0.2) is 31.5 Å². The number of benzene rings is 1. The normalized spacial score (nSPS) is 9.67. The topological polar surface area (TPSA) is 53.3 Å². The number of ether oxygens (including phenoxy) is 1. The van der Waals surface area contributed by atoms with Crippen molar-refractivity contribution in [2.24, 2.45) is 0 Å². The van der Waals surface area contributed by atoms with E-state index in [0.717, 1.165) is 5.56 Å². The molecule has 0 unspecified atom stereocenters. The minimum absolute atomic E-state index is 0.0904. The molecule has 1 amide bonds. The molecule has 0 aliphatic heterocycles. The predicted molar refractivity (Wildman–Crippen MR) is 69.6 cm³/mol. The minimum atomic E-state index is -0.179. The van der Waals surface area contributed by atoms with E-state index in [1.54, 1.807) is 20.2 Å². The molecular formula is C13H15ClN2O2. The van der Waals surface area contributed by atoms with Crippen molar-refractivity contribution in [1.29, 1.82) is 5.26 Å². The van der Waals surface area contributed by atoms with Crippen molar-refractivity contribution in [1.82, 2.24) is 4.90 Å². The van der Waals surface area contributed by atoms with Gasteiger partial charge in [-0.05, 0) is 24.1 Å². The van der Waals surface area contributed by atoms with Gasteiger partial charge in [0.2, 0.25) is 5.91 Å². The van der Waals surface area contributed by atoms with Gasteiger partial charge < -0.3 is 9.64 Å². The van der Waals surface area contributed by atoms with Crippen molar-refractivity contribution < 1.29 is 9.53 Å². The summed E-state index contributed by atoms with van der Waals surface area (Å²) in [5.41, 5.74) is 0.953. The number of hydrogen-bond acceptors (Lipinski definition) is 3. The van der Waals surface area contributed by atoms with Gasteiger partial charge >= 0.3 is 0 Å². The number of methoxy groups -OCH3 is 1. The van der Waals surface area contributed by atoms with Crippen molar-refractivity contribution in [3.8, 4) is 11.8 Å². The summed E-state index contributed by atoms with van der Waals surface area (Å²) in [6, 6.07) is 7.29. The lowest BCUT2D eigenvalue weighted by Crippen LogP contribution is -2.28. The molecule has 96 valence electrons. The lowest BCUT2D eigenvalue weighted by atomic mass is 10.1. The highest BCUT2D eigenvalue weighted by atomic mass is 35.5. The Kier molecular flexibility index (Phi) is 5.47. The van der Waals surface area contributed by atoms with Crippen LogP contribution in [0.4, 0.5) is 0 Å². The Labute approximate surface area is 112 Å². The van der Waals surface area contributed by atoms with Gasteiger partial charge in [-0.15, -0.1) is 0 Å². The van der Waals surface area contributed by atoms with Gasteiger partial charge in [0.1, 0.15) is 12.2 Å². The highest BCUT2D eigenvalue weighted by Gasteiger charge is 2.09. The Morgan fingerprint density at radius 1 is 1.56 bits per heavy atom. The molecule has 0 radical (unpaired) electrons. The van der Waals surface area contributed by atoms with Crippen molar-refractivity contribution in [3.05, 3.63) is 28.8 Å². The van der Waals surface area contributed by atoms with Crippen LogP contribution in [0.3, 0.4) is 0 Å². The number of nitrogens with zero attached hydrogens (tertiary/aromatic N) is 2. The Bertz CT molecular complexity index is 469. The molecule has 4 nitrogen and oxygen atoms in total. The van der Waals surface area contributed by atoms with Crippen molar-refractivity contribution in [3.63, 3.8) is 0 Å². The van der Waals surface area contributed by atoms with Gasteiger partial charge in [0.15, 0.2) is 0 Å². The molecule has 1 aromatic rings. The van der Waals surface area contributed by atoms with Gasteiger partial charge in [0.25, 0.3) is 0 Å². The van der Waals surface area contributed by atoms with Crippen molar-refractivity contribution >= 4 is 17.5 Å². The number of nitriles is 1. The molecule has 0 aromatic heterocycles. The molecule has 0 N–H and O–H groups in total. The Hall–Kier alpha value is -1.73. The molecule has 0 aliphatic rings. The zero-order chi connectivity index (χ0) is 13.5. The van der Waals surface area contributed by atoms with E-state index in [4.69, 9.17) is 21.6 Å². The van der Waals surface area contributed by atoms with Crippen LogP contribution in [0.2, 0.25) is 5.02 Å². The van der Waals surface area contributed by atoms with E-state index in [-0.39, 0.29) is 12.3 Å². The number of carbonyl (C=O) groups is 1. The summed E-state index contributed by atoms with van der Waals surface area (Å²) < 4.78 is 5.06. The van der Waals surface area contributed by atoms with Gasteiger partial charge in [0, 0.05) is 18.6 Å². The zero-order valence-corrected chi connectivity index (χ0v) is 11.2. The Balaban J connectivity index is 2.59. The van der Waals surface area contributed by atoms with Crippen LogP contribution in [0.1, 0.15) is 12.0 Å². The van der Waals surface area contributed by atoms with Crippen LogP contribution in [0.25, 0.3) is 0 Å². The molecule has 18 heavy (non-hydrogen) atoms. The maximum atomic E-state index is 11.4. The summed E-state index contributed by atoms with van der Waals surface area (Å²) in [6.45, 7) is 0.534. The Morgan fingerprint density at radius 3 is 2.83 bits per heavy atom. The van der Waals surface area contributed by atoms with Crippen LogP contribution < -0.4 is 4.74 Å². The van der Waals surface area contributed by atoms with E-state index in [0.29, 0.717) is 23.7 Å². The summed E-state index contributed by atoms with van der Waals surface area (Å²) in [4.78, 5) is 12.9. The number of amides is 1. The molecule has 0 bridgehead atoms.